The van der Waals surface area contributed by atoms with Gasteiger partial charge in [0.2, 0.25) is 0 Å². The largest absolute Gasteiger partial charge is 0.494 e. The molecule has 1 atom stereocenters. The number of likely N-dealkylation sites (tertiary alicyclic amines) is 1. The van der Waals surface area contributed by atoms with Crippen LogP contribution in [0.1, 0.15) is 30.3 Å². The van der Waals surface area contributed by atoms with E-state index in [0.717, 1.165) is 42.4 Å². The maximum absolute atomic E-state index is 12.8. The van der Waals surface area contributed by atoms with Crippen molar-refractivity contribution in [2.75, 3.05) is 33.3 Å². The standard InChI is InChI=1S/C19H25N3O2S.2ClH/c1-3-24-16-8-6-15(7-9-16)18-21-17(13-25-18)19(23)22-10-4-5-14(12-22)11-20-2;;/h6-9,13-14,20H,3-5,10-12H2,1-2H3;2*1H. The number of carbonyl (C=O) groups excluding carboxylic acids is 1. The van der Waals surface area contributed by atoms with Crippen molar-refractivity contribution in [1.82, 2.24) is 15.2 Å². The van der Waals surface area contributed by atoms with Gasteiger partial charge in [-0.1, -0.05) is 0 Å². The predicted octanol–water partition coefficient (Wildman–Crippen LogP) is 4.12. The molecule has 1 unspecified atom stereocenters. The van der Waals surface area contributed by atoms with E-state index in [1.165, 1.54) is 17.8 Å². The van der Waals surface area contributed by atoms with Crippen molar-refractivity contribution in [3.8, 4) is 16.3 Å². The smallest absolute Gasteiger partial charge is 0.273 e. The number of carbonyl (C=O) groups is 1. The third kappa shape index (κ3) is 6.07. The highest BCUT2D eigenvalue weighted by molar-refractivity contribution is 7.13. The Labute approximate surface area is 177 Å². The molecule has 2 heterocycles. The minimum atomic E-state index is 0. The summed E-state index contributed by atoms with van der Waals surface area (Å²) >= 11 is 1.51. The van der Waals surface area contributed by atoms with Crippen LogP contribution < -0.4 is 10.1 Å². The summed E-state index contributed by atoms with van der Waals surface area (Å²) in [6.45, 7) is 5.22. The minimum absolute atomic E-state index is 0. The lowest BCUT2D eigenvalue weighted by Crippen LogP contribution is -2.42. The molecule has 1 fully saturated rings. The molecule has 1 N–H and O–H groups in total. The third-order valence-corrected chi connectivity index (χ3v) is 5.33. The van der Waals surface area contributed by atoms with Crippen molar-refractivity contribution in [2.24, 2.45) is 5.92 Å². The summed E-state index contributed by atoms with van der Waals surface area (Å²) in [5.41, 5.74) is 1.57. The Balaban J connectivity index is 0.00000182. The molecule has 2 aromatic rings. The van der Waals surface area contributed by atoms with Crippen LogP contribution in [-0.4, -0.2) is 49.1 Å². The lowest BCUT2D eigenvalue weighted by Gasteiger charge is -2.32. The molecular weight excluding hydrogens is 405 g/mol. The first-order valence-corrected chi connectivity index (χ1v) is 9.72. The lowest BCUT2D eigenvalue weighted by molar-refractivity contribution is 0.0669. The van der Waals surface area contributed by atoms with Crippen molar-refractivity contribution >= 4 is 42.1 Å². The summed E-state index contributed by atoms with van der Waals surface area (Å²) in [6, 6.07) is 7.85. The Morgan fingerprint density at radius 2 is 2.07 bits per heavy atom. The molecule has 1 aromatic heterocycles. The highest BCUT2D eigenvalue weighted by Crippen LogP contribution is 2.27. The molecule has 0 bridgehead atoms. The first-order chi connectivity index (χ1) is 12.2. The van der Waals surface area contributed by atoms with Crippen LogP contribution in [0.4, 0.5) is 0 Å². The number of halogens is 2. The van der Waals surface area contributed by atoms with Crippen LogP contribution in [0.25, 0.3) is 10.6 Å². The van der Waals surface area contributed by atoms with Gasteiger partial charge in [-0.25, -0.2) is 4.98 Å². The zero-order valence-corrected chi connectivity index (χ0v) is 18.1. The Bertz CT molecular complexity index is 707. The molecule has 1 aromatic carbocycles. The number of hydrogen-bond acceptors (Lipinski definition) is 5. The van der Waals surface area contributed by atoms with Gasteiger partial charge in [0.25, 0.3) is 5.91 Å². The minimum Gasteiger partial charge on any atom is -0.494 e. The van der Waals surface area contributed by atoms with E-state index in [0.29, 0.717) is 18.2 Å². The van der Waals surface area contributed by atoms with Crippen molar-refractivity contribution in [3.05, 3.63) is 35.3 Å². The molecule has 27 heavy (non-hydrogen) atoms. The number of amides is 1. The summed E-state index contributed by atoms with van der Waals surface area (Å²) in [6.07, 6.45) is 2.24. The monoisotopic (exact) mass is 431 g/mol. The number of rotatable bonds is 6. The van der Waals surface area contributed by atoms with Crippen LogP contribution in [-0.2, 0) is 0 Å². The third-order valence-electron chi connectivity index (χ3n) is 4.43. The van der Waals surface area contributed by atoms with Gasteiger partial charge in [-0.05, 0) is 63.5 Å². The fourth-order valence-electron chi connectivity index (χ4n) is 3.23. The van der Waals surface area contributed by atoms with Crippen molar-refractivity contribution in [3.63, 3.8) is 0 Å². The van der Waals surface area contributed by atoms with E-state index < -0.39 is 0 Å². The normalized spacial score (nSPS) is 16.2. The molecular formula is C19H27Cl2N3O2S. The van der Waals surface area contributed by atoms with Gasteiger partial charge in [0.15, 0.2) is 0 Å². The molecule has 0 spiro atoms. The summed E-state index contributed by atoms with van der Waals surface area (Å²) in [7, 11) is 1.96. The van der Waals surface area contributed by atoms with Gasteiger partial charge in [0.1, 0.15) is 16.5 Å². The zero-order chi connectivity index (χ0) is 17.6. The van der Waals surface area contributed by atoms with Crippen molar-refractivity contribution in [1.29, 1.82) is 0 Å². The van der Waals surface area contributed by atoms with Gasteiger partial charge in [0.05, 0.1) is 6.61 Å². The molecule has 0 aliphatic carbocycles. The topological polar surface area (TPSA) is 54.5 Å². The van der Waals surface area contributed by atoms with Gasteiger partial charge in [-0.2, -0.15) is 0 Å². The molecule has 150 valence electrons. The average molecular weight is 432 g/mol. The van der Waals surface area contributed by atoms with Gasteiger partial charge in [-0.15, -0.1) is 36.2 Å². The fraction of sp³-hybridized carbons (Fsp3) is 0.474. The van der Waals surface area contributed by atoms with Gasteiger partial charge < -0.3 is 15.0 Å². The first-order valence-electron chi connectivity index (χ1n) is 8.84. The summed E-state index contributed by atoms with van der Waals surface area (Å²) in [5, 5.41) is 5.96. The molecule has 5 nitrogen and oxygen atoms in total. The lowest BCUT2D eigenvalue weighted by atomic mass is 9.98. The number of aromatic nitrogens is 1. The van der Waals surface area contributed by atoms with Crippen LogP contribution in [0.3, 0.4) is 0 Å². The molecule has 1 aliphatic heterocycles. The fourth-order valence-corrected chi connectivity index (χ4v) is 4.03. The number of piperidine rings is 1. The summed E-state index contributed by atoms with van der Waals surface area (Å²) in [5.74, 6) is 1.43. The van der Waals surface area contributed by atoms with E-state index in [1.807, 2.05) is 48.5 Å². The van der Waals surface area contributed by atoms with Gasteiger partial charge in [0, 0.05) is 24.0 Å². The molecule has 1 aliphatic rings. The maximum atomic E-state index is 12.8. The van der Waals surface area contributed by atoms with E-state index >= 15 is 0 Å². The van der Waals surface area contributed by atoms with E-state index in [-0.39, 0.29) is 30.7 Å². The second-order valence-electron chi connectivity index (χ2n) is 6.31. The van der Waals surface area contributed by atoms with Crippen LogP contribution in [0.15, 0.2) is 29.6 Å². The first kappa shape index (κ1) is 23.7. The number of benzene rings is 1. The highest BCUT2D eigenvalue weighted by Gasteiger charge is 2.25. The second-order valence-corrected chi connectivity index (χ2v) is 7.17. The van der Waals surface area contributed by atoms with Gasteiger partial charge >= 0.3 is 0 Å². The number of hydrogen-bond donors (Lipinski definition) is 1. The Morgan fingerprint density at radius 3 is 2.74 bits per heavy atom. The second kappa shape index (κ2) is 11.5. The Kier molecular flexibility index (Phi) is 10.1. The van der Waals surface area contributed by atoms with Crippen LogP contribution >= 0.6 is 36.2 Å². The SMILES string of the molecule is CCOc1ccc(-c2nc(C(=O)N3CCCC(CNC)C3)cs2)cc1.Cl.Cl. The quantitative estimate of drug-likeness (QED) is 0.746. The maximum Gasteiger partial charge on any atom is 0.273 e. The molecule has 8 heteroatoms. The van der Waals surface area contributed by atoms with Crippen LogP contribution in [0, 0.1) is 5.92 Å². The summed E-state index contributed by atoms with van der Waals surface area (Å²) < 4.78 is 5.47. The molecule has 1 saturated heterocycles. The highest BCUT2D eigenvalue weighted by atomic mass is 35.5. The van der Waals surface area contributed by atoms with E-state index in [4.69, 9.17) is 4.74 Å². The molecule has 3 rings (SSSR count). The predicted molar refractivity (Wildman–Crippen MR) is 116 cm³/mol. The number of ether oxygens (including phenoxy) is 1. The number of thiazole rings is 1. The van der Waals surface area contributed by atoms with Crippen LogP contribution in [0.2, 0.25) is 0 Å². The van der Waals surface area contributed by atoms with Crippen LogP contribution in [0.5, 0.6) is 5.75 Å². The van der Waals surface area contributed by atoms with Gasteiger partial charge in [-0.3, -0.25) is 4.79 Å². The van der Waals surface area contributed by atoms with Crippen molar-refractivity contribution in [2.45, 2.75) is 19.8 Å². The van der Waals surface area contributed by atoms with E-state index in [9.17, 15) is 4.79 Å². The van der Waals surface area contributed by atoms with E-state index in [1.54, 1.807) is 0 Å². The molecule has 1 amide bonds. The molecule has 0 radical (unpaired) electrons. The number of nitrogens with zero attached hydrogens (tertiary/aromatic N) is 2. The Hall–Kier alpha value is -1.34. The average Bonchev–Trinajstić information content (AvgIpc) is 3.13. The zero-order valence-electron chi connectivity index (χ0n) is 15.6. The molecule has 0 saturated carbocycles. The van der Waals surface area contributed by atoms with Crippen molar-refractivity contribution < 1.29 is 9.53 Å². The summed E-state index contributed by atoms with van der Waals surface area (Å²) in [4.78, 5) is 19.3. The number of nitrogens with one attached hydrogen (secondary N) is 1. The van der Waals surface area contributed by atoms with E-state index in [2.05, 4.69) is 10.3 Å². The Morgan fingerprint density at radius 1 is 1.33 bits per heavy atom.